The first kappa shape index (κ1) is 22.2. The van der Waals surface area contributed by atoms with Crippen molar-refractivity contribution in [3.8, 4) is 11.4 Å². The van der Waals surface area contributed by atoms with Crippen molar-refractivity contribution in [3.63, 3.8) is 0 Å². The summed E-state index contributed by atoms with van der Waals surface area (Å²) in [6, 6.07) is 10.0. The van der Waals surface area contributed by atoms with Gasteiger partial charge >= 0.3 is 6.18 Å². The van der Waals surface area contributed by atoms with E-state index in [4.69, 9.17) is 15.6 Å². The molecule has 0 spiro atoms. The van der Waals surface area contributed by atoms with Crippen molar-refractivity contribution in [2.45, 2.75) is 17.0 Å². The molecular formula is C18H16F3N5O4S. The molecule has 0 saturated carbocycles. The fourth-order valence-electron chi connectivity index (χ4n) is 3.04. The van der Waals surface area contributed by atoms with Crippen LogP contribution in [0.1, 0.15) is 22.9 Å². The van der Waals surface area contributed by atoms with E-state index in [1.807, 2.05) is 0 Å². The quantitative estimate of drug-likeness (QED) is 0.577. The van der Waals surface area contributed by atoms with Gasteiger partial charge in [0.1, 0.15) is 17.0 Å². The molecule has 0 aliphatic rings. The van der Waals surface area contributed by atoms with Crippen molar-refractivity contribution < 1.29 is 31.1 Å². The first-order valence-corrected chi connectivity index (χ1v) is 10.1. The minimum absolute atomic E-state index is 0.140. The molecule has 0 radical (unpaired) electrons. The Balaban J connectivity index is 2.20. The lowest BCUT2D eigenvalue weighted by Gasteiger charge is -2.19. The van der Waals surface area contributed by atoms with E-state index in [1.54, 1.807) is 24.3 Å². The summed E-state index contributed by atoms with van der Waals surface area (Å²) in [4.78, 5) is 14.8. The Bertz CT molecular complexity index is 1240. The van der Waals surface area contributed by atoms with Gasteiger partial charge in [0.25, 0.3) is 5.82 Å². The number of sulfonamides is 1. The van der Waals surface area contributed by atoms with Crippen LogP contribution in [0, 0.1) is 0 Å². The van der Waals surface area contributed by atoms with Gasteiger partial charge in [-0.05, 0) is 23.8 Å². The molecule has 0 aliphatic carbocycles. The van der Waals surface area contributed by atoms with Gasteiger partial charge in [0, 0.05) is 5.56 Å². The number of nitrogens with two attached hydrogens (primary N) is 2. The Morgan fingerprint density at radius 1 is 1.19 bits per heavy atom. The van der Waals surface area contributed by atoms with Crippen molar-refractivity contribution in [2.24, 2.45) is 10.9 Å². The zero-order valence-electron chi connectivity index (χ0n) is 15.9. The lowest BCUT2D eigenvalue weighted by molar-refractivity contribution is -0.144. The molecule has 164 valence electrons. The van der Waals surface area contributed by atoms with Crippen LogP contribution in [0.4, 0.5) is 13.2 Å². The number of halogens is 3. The summed E-state index contributed by atoms with van der Waals surface area (Å²) in [5.41, 5.74) is 5.78. The molecule has 3 rings (SSSR count). The summed E-state index contributed by atoms with van der Waals surface area (Å²) in [7, 11) is -3.05. The van der Waals surface area contributed by atoms with E-state index >= 15 is 0 Å². The van der Waals surface area contributed by atoms with Gasteiger partial charge in [-0.15, -0.1) is 5.10 Å². The number of rotatable bonds is 6. The number of methoxy groups -OCH3 is 1. The number of para-hydroxylation sites is 1. The normalized spacial score (nSPS) is 13.1. The molecule has 1 atom stereocenters. The van der Waals surface area contributed by atoms with Crippen LogP contribution < -0.4 is 15.6 Å². The van der Waals surface area contributed by atoms with Crippen LogP contribution in [0.25, 0.3) is 5.69 Å². The largest absolute Gasteiger partial charge is 0.496 e. The molecule has 1 heterocycles. The molecular weight excluding hydrogens is 439 g/mol. The van der Waals surface area contributed by atoms with Crippen LogP contribution in [-0.4, -0.2) is 36.2 Å². The van der Waals surface area contributed by atoms with Gasteiger partial charge in [0.15, 0.2) is 0 Å². The fourth-order valence-corrected chi connectivity index (χ4v) is 3.79. The number of hydrogen-bond acceptors (Lipinski definition) is 6. The van der Waals surface area contributed by atoms with Crippen LogP contribution in [0.2, 0.25) is 0 Å². The van der Waals surface area contributed by atoms with Crippen LogP contribution >= 0.6 is 0 Å². The van der Waals surface area contributed by atoms with Crippen molar-refractivity contribution in [3.05, 3.63) is 65.7 Å². The minimum Gasteiger partial charge on any atom is -0.496 e. The predicted molar refractivity (Wildman–Crippen MR) is 102 cm³/mol. The molecule has 1 amide bonds. The molecule has 3 aromatic rings. The third kappa shape index (κ3) is 4.51. The van der Waals surface area contributed by atoms with Gasteiger partial charge in [0.2, 0.25) is 15.9 Å². The average molecular weight is 455 g/mol. The number of primary amides is 1. The molecule has 13 heteroatoms. The summed E-state index contributed by atoms with van der Waals surface area (Å²) >= 11 is 0. The van der Waals surface area contributed by atoms with Crippen molar-refractivity contribution in [2.75, 3.05) is 7.11 Å². The number of carbonyl (C=O) groups excluding carboxylic acids is 1. The monoisotopic (exact) mass is 455 g/mol. The summed E-state index contributed by atoms with van der Waals surface area (Å²) in [6.07, 6.45) is -4.12. The van der Waals surface area contributed by atoms with Gasteiger partial charge < -0.3 is 10.5 Å². The highest BCUT2D eigenvalue weighted by Gasteiger charge is 2.36. The molecule has 1 unspecified atom stereocenters. The van der Waals surface area contributed by atoms with Crippen LogP contribution in [0.3, 0.4) is 0 Å². The first-order valence-electron chi connectivity index (χ1n) is 8.51. The number of ether oxygens (including phenoxy) is 1. The minimum atomic E-state index is -4.83. The lowest BCUT2D eigenvalue weighted by atomic mass is 9.90. The van der Waals surface area contributed by atoms with Crippen LogP contribution in [0.15, 0.2) is 53.7 Å². The summed E-state index contributed by atoms with van der Waals surface area (Å²) in [5.74, 6) is -3.05. The highest BCUT2D eigenvalue weighted by atomic mass is 32.2. The van der Waals surface area contributed by atoms with E-state index < -0.39 is 38.7 Å². The molecule has 0 bridgehead atoms. The van der Waals surface area contributed by atoms with E-state index in [1.165, 1.54) is 13.2 Å². The van der Waals surface area contributed by atoms with Crippen LogP contribution in [0.5, 0.6) is 5.75 Å². The number of carbonyl (C=O) groups is 1. The Hall–Kier alpha value is -3.45. The molecule has 0 fully saturated rings. The topological polar surface area (TPSA) is 143 Å². The Morgan fingerprint density at radius 3 is 2.42 bits per heavy atom. The van der Waals surface area contributed by atoms with Gasteiger partial charge in [-0.25, -0.2) is 23.2 Å². The summed E-state index contributed by atoms with van der Waals surface area (Å²) < 4.78 is 68.7. The second-order valence-corrected chi connectivity index (χ2v) is 7.89. The Kier molecular flexibility index (Phi) is 5.74. The lowest BCUT2D eigenvalue weighted by Crippen LogP contribution is -2.24. The number of alkyl halides is 3. The van der Waals surface area contributed by atoms with Gasteiger partial charge in [-0.1, -0.05) is 24.3 Å². The highest BCUT2D eigenvalue weighted by Crippen LogP contribution is 2.34. The van der Waals surface area contributed by atoms with E-state index in [-0.39, 0.29) is 11.3 Å². The van der Waals surface area contributed by atoms with Crippen molar-refractivity contribution >= 4 is 15.9 Å². The first-order chi connectivity index (χ1) is 14.4. The SMILES string of the molecule is COc1ccccc1C(C(N)=O)c1ccc(-n2cnc(C(F)(F)F)n2)c(S(N)(=O)=O)c1. The Morgan fingerprint density at radius 2 is 1.87 bits per heavy atom. The Labute approximate surface area is 174 Å². The molecule has 31 heavy (non-hydrogen) atoms. The molecule has 2 aromatic carbocycles. The standard InChI is InChI=1S/C18H16F3N5O4S/c1-30-13-5-3-2-4-11(13)15(16(22)27)10-6-7-12(14(8-10)31(23,28)29)26-9-24-17(25-26)18(19,20)21/h2-9,15H,1H3,(H2,22,27)(H2,23,28,29). The molecule has 1 aromatic heterocycles. The summed E-state index contributed by atoms with van der Waals surface area (Å²) in [6.45, 7) is 0. The maximum absolute atomic E-state index is 12.8. The smallest absolute Gasteiger partial charge is 0.453 e. The molecule has 4 N–H and O–H groups in total. The van der Waals surface area contributed by atoms with Gasteiger partial charge in [-0.3, -0.25) is 4.79 Å². The maximum atomic E-state index is 12.8. The third-order valence-electron chi connectivity index (χ3n) is 4.35. The molecule has 0 aliphatic heterocycles. The number of primary sulfonamides is 1. The fraction of sp³-hybridized carbons (Fsp3) is 0.167. The molecule has 0 saturated heterocycles. The van der Waals surface area contributed by atoms with E-state index in [0.29, 0.717) is 22.3 Å². The zero-order chi connectivity index (χ0) is 23.0. The van der Waals surface area contributed by atoms with Gasteiger partial charge in [-0.2, -0.15) is 13.2 Å². The van der Waals surface area contributed by atoms with E-state index in [9.17, 15) is 26.4 Å². The van der Waals surface area contributed by atoms with Crippen LogP contribution in [-0.2, 0) is 21.0 Å². The molecule has 9 nitrogen and oxygen atoms in total. The number of nitrogens with zero attached hydrogens (tertiary/aromatic N) is 3. The maximum Gasteiger partial charge on any atom is 0.453 e. The summed E-state index contributed by atoms with van der Waals surface area (Å²) in [5, 5.41) is 8.55. The second-order valence-electron chi connectivity index (χ2n) is 6.36. The van der Waals surface area contributed by atoms with Crippen molar-refractivity contribution in [1.29, 1.82) is 0 Å². The zero-order valence-corrected chi connectivity index (χ0v) is 16.7. The predicted octanol–water partition coefficient (Wildman–Crippen LogP) is 1.56. The number of amides is 1. The second kappa shape index (κ2) is 8.00. The van der Waals surface area contributed by atoms with Gasteiger partial charge in [0.05, 0.1) is 18.7 Å². The number of aromatic nitrogens is 3. The number of hydrogen-bond donors (Lipinski definition) is 2. The van der Waals surface area contributed by atoms with E-state index in [2.05, 4.69) is 10.1 Å². The average Bonchev–Trinajstić information content (AvgIpc) is 3.18. The van der Waals surface area contributed by atoms with E-state index in [0.717, 1.165) is 12.1 Å². The van der Waals surface area contributed by atoms with Crippen molar-refractivity contribution in [1.82, 2.24) is 14.8 Å². The third-order valence-corrected chi connectivity index (χ3v) is 5.29. The number of benzene rings is 2. The highest BCUT2D eigenvalue weighted by molar-refractivity contribution is 7.89.